The Kier molecular flexibility index (Phi) is 2.20. The number of nitrogens with one attached hydrogen (secondary N) is 1. The molecule has 0 fully saturated rings. The average molecular weight is 156 g/mol. The molecule has 0 aromatic carbocycles. The Bertz CT molecular complexity index is 199. The Balaban J connectivity index is 2.83. The second-order valence-electron chi connectivity index (χ2n) is 2.23. The van der Waals surface area contributed by atoms with Crippen molar-refractivity contribution in [1.29, 1.82) is 0 Å². The lowest BCUT2D eigenvalue weighted by molar-refractivity contribution is 0.289. The summed E-state index contributed by atoms with van der Waals surface area (Å²) in [6.07, 6.45) is 1.74. The summed E-state index contributed by atoms with van der Waals surface area (Å²) in [6, 6.07) is 0. The third-order valence-electron chi connectivity index (χ3n) is 1.49. The Labute approximate surface area is 65.5 Å². The molecule has 0 atom stereocenters. The van der Waals surface area contributed by atoms with Crippen LogP contribution in [0.1, 0.15) is 0 Å². The maximum absolute atomic E-state index is 5.16. The number of methoxy groups -OCH3 is 1. The summed E-state index contributed by atoms with van der Waals surface area (Å²) < 4.78 is 5.01. The van der Waals surface area contributed by atoms with E-state index >= 15 is 0 Å². The van der Waals surface area contributed by atoms with E-state index in [1.807, 2.05) is 11.9 Å². The van der Waals surface area contributed by atoms with Crippen LogP contribution in [0.4, 0.5) is 0 Å². The molecule has 1 aliphatic rings. The van der Waals surface area contributed by atoms with Gasteiger partial charge in [0, 0.05) is 13.2 Å². The topological polar surface area (TPSA) is 62.9 Å². The number of ether oxygens (including phenoxy) is 1. The molecule has 0 saturated carbocycles. The van der Waals surface area contributed by atoms with E-state index in [1.165, 1.54) is 0 Å². The zero-order valence-electron chi connectivity index (χ0n) is 6.66. The van der Waals surface area contributed by atoms with Crippen molar-refractivity contribution < 1.29 is 4.74 Å². The molecule has 0 unspecified atom stereocenters. The van der Waals surface area contributed by atoms with Gasteiger partial charge in [-0.3, -0.25) is 0 Å². The van der Waals surface area contributed by atoms with Gasteiger partial charge in [-0.15, -0.1) is 0 Å². The van der Waals surface area contributed by atoms with Crippen LogP contribution in [0.25, 0.3) is 0 Å². The largest absolute Gasteiger partial charge is 0.491 e. The first kappa shape index (κ1) is 7.71. The molecule has 1 heterocycles. The molecule has 11 heavy (non-hydrogen) atoms. The molecule has 62 valence electrons. The third-order valence-corrected chi connectivity index (χ3v) is 1.49. The highest BCUT2D eigenvalue weighted by Crippen LogP contribution is 2.04. The fraction of sp³-hybridized carbons (Fsp3) is 0.500. The van der Waals surface area contributed by atoms with Gasteiger partial charge in [0.25, 0.3) is 0 Å². The van der Waals surface area contributed by atoms with Crippen molar-refractivity contribution in [2.24, 2.45) is 10.9 Å². The summed E-state index contributed by atoms with van der Waals surface area (Å²) >= 11 is 0. The molecular formula is C6H12N4O. The van der Waals surface area contributed by atoms with Gasteiger partial charge in [0.2, 0.25) is 0 Å². The van der Waals surface area contributed by atoms with Gasteiger partial charge in [0.1, 0.15) is 0 Å². The first-order chi connectivity index (χ1) is 5.29. The zero-order valence-corrected chi connectivity index (χ0v) is 6.66. The lowest BCUT2D eigenvalue weighted by atomic mass is 10.4. The van der Waals surface area contributed by atoms with Crippen molar-refractivity contribution in [3.8, 4) is 0 Å². The van der Waals surface area contributed by atoms with Gasteiger partial charge in [-0.1, -0.05) is 0 Å². The maximum atomic E-state index is 5.16. The van der Waals surface area contributed by atoms with Gasteiger partial charge in [-0.25, -0.2) is 0 Å². The minimum Gasteiger partial charge on any atom is -0.491 e. The van der Waals surface area contributed by atoms with Crippen molar-refractivity contribution in [3.63, 3.8) is 0 Å². The molecule has 0 saturated heterocycles. The number of rotatable bonds is 1. The lowest BCUT2D eigenvalue weighted by Crippen LogP contribution is -2.40. The number of hydrogen-bond donors (Lipinski definition) is 2. The predicted molar refractivity (Wildman–Crippen MR) is 42.5 cm³/mol. The second-order valence-corrected chi connectivity index (χ2v) is 2.23. The Morgan fingerprint density at radius 3 is 3.00 bits per heavy atom. The van der Waals surface area contributed by atoms with Gasteiger partial charge in [0.05, 0.1) is 13.8 Å². The van der Waals surface area contributed by atoms with Crippen molar-refractivity contribution in [2.45, 2.75) is 0 Å². The van der Waals surface area contributed by atoms with Crippen LogP contribution in [-0.4, -0.2) is 31.6 Å². The fourth-order valence-electron chi connectivity index (χ4n) is 0.915. The molecule has 0 amide bonds. The summed E-state index contributed by atoms with van der Waals surface area (Å²) in [7, 11) is 3.46. The van der Waals surface area contributed by atoms with Crippen LogP contribution in [0.2, 0.25) is 0 Å². The third kappa shape index (κ3) is 1.36. The van der Waals surface area contributed by atoms with Gasteiger partial charge in [-0.05, 0) is 0 Å². The van der Waals surface area contributed by atoms with Crippen LogP contribution in [0.3, 0.4) is 0 Å². The van der Waals surface area contributed by atoms with Crippen molar-refractivity contribution in [1.82, 2.24) is 10.2 Å². The molecule has 0 bridgehead atoms. The molecule has 0 aromatic rings. The monoisotopic (exact) mass is 156 g/mol. The molecule has 0 aromatic heterocycles. The first-order valence-electron chi connectivity index (χ1n) is 3.26. The van der Waals surface area contributed by atoms with Crippen molar-refractivity contribution in [3.05, 3.63) is 12.0 Å². The van der Waals surface area contributed by atoms with E-state index in [-0.39, 0.29) is 0 Å². The first-order valence-corrected chi connectivity index (χ1v) is 3.26. The summed E-state index contributed by atoms with van der Waals surface area (Å²) in [5.74, 6) is 6.47. The van der Waals surface area contributed by atoms with Crippen LogP contribution in [0.5, 0.6) is 0 Å². The summed E-state index contributed by atoms with van der Waals surface area (Å²) in [4.78, 5) is 1.86. The lowest BCUT2D eigenvalue weighted by Gasteiger charge is -2.25. The quantitative estimate of drug-likeness (QED) is 0.387. The fourth-order valence-corrected chi connectivity index (χ4v) is 0.915. The van der Waals surface area contributed by atoms with E-state index in [1.54, 1.807) is 13.3 Å². The number of nitrogens with two attached hydrogens (primary N) is 1. The van der Waals surface area contributed by atoms with E-state index in [4.69, 9.17) is 10.6 Å². The van der Waals surface area contributed by atoms with E-state index in [2.05, 4.69) is 10.4 Å². The number of amidine groups is 1. The molecule has 3 N–H and O–H groups in total. The van der Waals surface area contributed by atoms with Gasteiger partial charge >= 0.3 is 0 Å². The highest BCUT2D eigenvalue weighted by Gasteiger charge is 2.16. The Morgan fingerprint density at radius 2 is 2.55 bits per heavy atom. The standard InChI is InChI=1S/C6H12N4O/c1-10-4-8-3-5(11-2)6(10)9-7/h3,8H,4,7H2,1-2H3. The normalized spacial score (nSPS) is 21.1. The Morgan fingerprint density at radius 1 is 1.82 bits per heavy atom. The second kappa shape index (κ2) is 3.14. The summed E-state index contributed by atoms with van der Waals surface area (Å²) in [6.45, 7) is 0.697. The molecule has 5 nitrogen and oxygen atoms in total. The Hall–Kier alpha value is -1.39. The molecule has 1 aliphatic heterocycles. The number of hydrogen-bond acceptors (Lipinski definition) is 4. The average Bonchev–Trinajstić information content (AvgIpc) is 2.04. The van der Waals surface area contributed by atoms with Crippen LogP contribution >= 0.6 is 0 Å². The number of likely N-dealkylation sites (N-methyl/N-ethyl adjacent to an activating group) is 1. The number of hydrazone groups is 1. The van der Waals surface area contributed by atoms with Gasteiger partial charge < -0.3 is 20.8 Å². The van der Waals surface area contributed by atoms with Gasteiger partial charge in [-0.2, -0.15) is 5.10 Å². The molecular weight excluding hydrogens is 144 g/mol. The van der Waals surface area contributed by atoms with E-state index in [0.29, 0.717) is 18.3 Å². The van der Waals surface area contributed by atoms with Crippen LogP contribution < -0.4 is 11.2 Å². The van der Waals surface area contributed by atoms with E-state index in [9.17, 15) is 0 Å². The minimum absolute atomic E-state index is 0.654. The summed E-state index contributed by atoms with van der Waals surface area (Å²) in [5, 5.41) is 6.59. The van der Waals surface area contributed by atoms with Gasteiger partial charge in [0.15, 0.2) is 11.6 Å². The molecule has 5 heteroatoms. The predicted octanol–water partition coefficient (Wildman–Crippen LogP) is -0.761. The minimum atomic E-state index is 0.654. The molecule has 1 rings (SSSR count). The maximum Gasteiger partial charge on any atom is 0.193 e. The van der Waals surface area contributed by atoms with E-state index < -0.39 is 0 Å². The summed E-state index contributed by atoms with van der Waals surface area (Å²) in [5.41, 5.74) is 0. The molecule has 0 radical (unpaired) electrons. The van der Waals surface area contributed by atoms with Crippen LogP contribution in [0, 0.1) is 0 Å². The number of nitrogens with zero attached hydrogens (tertiary/aromatic N) is 2. The van der Waals surface area contributed by atoms with Crippen LogP contribution in [0.15, 0.2) is 17.1 Å². The zero-order chi connectivity index (χ0) is 8.27. The molecule has 0 aliphatic carbocycles. The molecule has 0 spiro atoms. The smallest absolute Gasteiger partial charge is 0.193 e. The highest BCUT2D eigenvalue weighted by atomic mass is 16.5. The van der Waals surface area contributed by atoms with Crippen molar-refractivity contribution in [2.75, 3.05) is 20.8 Å². The SMILES string of the molecule is COC1=CNCN(C)C1=NN. The van der Waals surface area contributed by atoms with E-state index in [0.717, 1.165) is 0 Å². The van der Waals surface area contributed by atoms with Crippen LogP contribution in [-0.2, 0) is 4.74 Å². The van der Waals surface area contributed by atoms with Crippen molar-refractivity contribution >= 4 is 5.84 Å². The highest BCUT2D eigenvalue weighted by molar-refractivity contribution is 5.96.